The Morgan fingerprint density at radius 2 is 2.19 bits per heavy atom. The molecule has 5 nitrogen and oxygen atoms in total. The van der Waals surface area contributed by atoms with E-state index in [2.05, 4.69) is 15.9 Å². The molecular weight excluding hydrogens is 336 g/mol. The molecule has 1 fully saturated rings. The second-order valence-electron chi connectivity index (χ2n) is 5.42. The molecule has 0 saturated heterocycles. The van der Waals surface area contributed by atoms with Crippen LogP contribution in [0.15, 0.2) is 28.7 Å². The summed E-state index contributed by atoms with van der Waals surface area (Å²) < 4.78 is 0.952. The molecule has 3 unspecified atom stereocenters. The smallest absolute Gasteiger partial charge is 0.233 e. The number of halogens is 1. The first-order chi connectivity index (χ1) is 9.97. The van der Waals surface area contributed by atoms with Gasteiger partial charge in [0.2, 0.25) is 11.9 Å². The maximum absolute atomic E-state index is 12.5. The molecule has 21 heavy (non-hydrogen) atoms. The Balaban J connectivity index is 2.17. The van der Waals surface area contributed by atoms with E-state index in [-0.39, 0.29) is 16.9 Å². The van der Waals surface area contributed by atoms with Crippen LogP contribution in [0, 0.1) is 16.0 Å². The van der Waals surface area contributed by atoms with E-state index in [1.54, 1.807) is 4.90 Å². The summed E-state index contributed by atoms with van der Waals surface area (Å²) in [5, 5.41) is 10.8. The number of hydrogen-bond donors (Lipinski definition) is 0. The molecule has 3 atom stereocenters. The van der Waals surface area contributed by atoms with Crippen LogP contribution in [0.4, 0.5) is 0 Å². The van der Waals surface area contributed by atoms with Crippen molar-refractivity contribution in [2.45, 2.75) is 38.8 Å². The molecule has 6 heteroatoms. The van der Waals surface area contributed by atoms with Crippen LogP contribution in [0.2, 0.25) is 0 Å². The van der Waals surface area contributed by atoms with Crippen molar-refractivity contribution in [1.82, 2.24) is 4.90 Å². The Hall–Kier alpha value is -1.43. The number of nitrogens with zero attached hydrogens (tertiary/aromatic N) is 2. The van der Waals surface area contributed by atoms with Gasteiger partial charge < -0.3 is 4.90 Å². The number of amides is 1. The fraction of sp³-hybridized carbons (Fsp3) is 0.533. The van der Waals surface area contributed by atoms with Crippen molar-refractivity contribution in [1.29, 1.82) is 0 Å². The normalized spacial score (nSPS) is 21.7. The summed E-state index contributed by atoms with van der Waals surface area (Å²) in [6, 6.07) is 6.99. The zero-order valence-corrected chi connectivity index (χ0v) is 13.7. The molecule has 1 aliphatic carbocycles. The largest absolute Gasteiger partial charge is 0.335 e. The summed E-state index contributed by atoms with van der Waals surface area (Å²) in [4.78, 5) is 24.8. The van der Waals surface area contributed by atoms with Gasteiger partial charge in [0.25, 0.3) is 0 Å². The molecule has 0 aromatic heterocycles. The summed E-state index contributed by atoms with van der Waals surface area (Å²) in [6.07, 6.45) is 1.20. The van der Waals surface area contributed by atoms with E-state index in [4.69, 9.17) is 0 Å². The summed E-state index contributed by atoms with van der Waals surface area (Å²) in [5.74, 6) is -0.543. The van der Waals surface area contributed by atoms with E-state index >= 15 is 0 Å². The van der Waals surface area contributed by atoms with Crippen LogP contribution in [-0.4, -0.2) is 28.3 Å². The Labute approximate surface area is 132 Å². The minimum atomic E-state index is -0.691. The van der Waals surface area contributed by atoms with Gasteiger partial charge >= 0.3 is 0 Å². The van der Waals surface area contributed by atoms with E-state index < -0.39 is 12.0 Å². The topological polar surface area (TPSA) is 63.5 Å². The van der Waals surface area contributed by atoms with Crippen molar-refractivity contribution < 1.29 is 9.72 Å². The first-order valence-electron chi connectivity index (χ1n) is 7.15. The van der Waals surface area contributed by atoms with E-state index in [1.165, 1.54) is 0 Å². The van der Waals surface area contributed by atoms with Gasteiger partial charge in [0.15, 0.2) is 0 Å². The number of hydrogen-bond acceptors (Lipinski definition) is 3. The molecule has 114 valence electrons. The zero-order chi connectivity index (χ0) is 15.6. The Bertz CT molecular complexity index is 549. The van der Waals surface area contributed by atoms with Crippen molar-refractivity contribution in [2.75, 3.05) is 6.54 Å². The van der Waals surface area contributed by atoms with E-state index in [0.29, 0.717) is 13.0 Å². The van der Waals surface area contributed by atoms with Crippen LogP contribution in [0.1, 0.15) is 38.3 Å². The van der Waals surface area contributed by atoms with Gasteiger partial charge in [-0.25, -0.2) is 0 Å². The van der Waals surface area contributed by atoms with Gasteiger partial charge in [-0.1, -0.05) is 41.1 Å². The summed E-state index contributed by atoms with van der Waals surface area (Å²) in [5.41, 5.74) is 1.03. The minimum absolute atomic E-state index is 0.0956. The van der Waals surface area contributed by atoms with Gasteiger partial charge in [0.05, 0.1) is 6.04 Å². The summed E-state index contributed by atoms with van der Waals surface area (Å²) in [7, 11) is 0. The average Bonchev–Trinajstić information content (AvgIpc) is 3.24. The summed E-state index contributed by atoms with van der Waals surface area (Å²) in [6.45, 7) is 4.59. The highest BCUT2D eigenvalue weighted by atomic mass is 79.9. The fourth-order valence-corrected chi connectivity index (χ4v) is 3.23. The maximum Gasteiger partial charge on any atom is 0.233 e. The Morgan fingerprint density at radius 3 is 2.71 bits per heavy atom. The van der Waals surface area contributed by atoms with Gasteiger partial charge in [-0.15, -0.1) is 0 Å². The van der Waals surface area contributed by atoms with Gasteiger partial charge in [-0.2, -0.15) is 0 Å². The lowest BCUT2D eigenvalue weighted by molar-refractivity contribution is -0.497. The second-order valence-corrected chi connectivity index (χ2v) is 6.28. The van der Waals surface area contributed by atoms with Crippen molar-refractivity contribution >= 4 is 21.8 Å². The second kappa shape index (κ2) is 6.56. The average molecular weight is 355 g/mol. The predicted octanol–water partition coefficient (Wildman–Crippen LogP) is 3.41. The van der Waals surface area contributed by atoms with Crippen LogP contribution < -0.4 is 0 Å². The van der Waals surface area contributed by atoms with E-state index in [1.807, 2.05) is 38.1 Å². The lowest BCUT2D eigenvalue weighted by Crippen LogP contribution is -2.36. The molecule has 1 aliphatic rings. The standard InChI is InChI=1S/C15H19BrN2O3/c1-3-8-17(15(19)12-9-14(12)18(20)21)10(2)11-6-4-5-7-13(11)16/h4-7,10,12,14H,3,8-9H2,1-2H3. The molecule has 1 saturated carbocycles. The molecule has 0 radical (unpaired) electrons. The van der Waals surface area contributed by atoms with Crippen LogP contribution in [-0.2, 0) is 4.79 Å². The zero-order valence-electron chi connectivity index (χ0n) is 12.2. The monoisotopic (exact) mass is 354 g/mol. The van der Waals surface area contributed by atoms with Gasteiger partial charge in [0, 0.05) is 22.4 Å². The molecule has 1 aromatic carbocycles. The first-order valence-corrected chi connectivity index (χ1v) is 7.95. The number of benzene rings is 1. The highest BCUT2D eigenvalue weighted by molar-refractivity contribution is 9.10. The molecule has 2 rings (SSSR count). The van der Waals surface area contributed by atoms with Crippen molar-refractivity contribution in [3.8, 4) is 0 Å². The van der Waals surface area contributed by atoms with Crippen LogP contribution in [0.3, 0.4) is 0 Å². The van der Waals surface area contributed by atoms with E-state index in [0.717, 1.165) is 16.5 Å². The Morgan fingerprint density at radius 1 is 1.52 bits per heavy atom. The van der Waals surface area contributed by atoms with Crippen molar-refractivity contribution in [3.05, 3.63) is 44.4 Å². The predicted molar refractivity (Wildman–Crippen MR) is 83.5 cm³/mol. The van der Waals surface area contributed by atoms with Gasteiger partial charge in [-0.3, -0.25) is 14.9 Å². The van der Waals surface area contributed by atoms with Crippen LogP contribution in [0.25, 0.3) is 0 Å². The molecule has 0 heterocycles. The molecule has 0 aliphatic heterocycles. The highest BCUT2D eigenvalue weighted by Gasteiger charge is 2.55. The van der Waals surface area contributed by atoms with Crippen molar-refractivity contribution in [3.63, 3.8) is 0 Å². The molecule has 1 aromatic rings. The number of nitro groups is 1. The molecule has 1 amide bonds. The molecule has 0 N–H and O–H groups in total. The third-order valence-corrected chi connectivity index (χ3v) is 4.64. The fourth-order valence-electron chi connectivity index (χ4n) is 2.61. The number of rotatable bonds is 6. The van der Waals surface area contributed by atoms with E-state index in [9.17, 15) is 14.9 Å². The Kier molecular flexibility index (Phi) is 4.98. The lowest BCUT2D eigenvalue weighted by atomic mass is 10.1. The quantitative estimate of drug-likeness (QED) is 0.580. The third kappa shape index (κ3) is 3.43. The first kappa shape index (κ1) is 15.9. The molecule has 0 bridgehead atoms. The number of carbonyl (C=O) groups excluding carboxylic acids is 1. The van der Waals surface area contributed by atoms with Gasteiger partial charge in [-0.05, 0) is 25.0 Å². The third-order valence-electron chi connectivity index (χ3n) is 3.92. The highest BCUT2D eigenvalue weighted by Crippen LogP contribution is 2.37. The minimum Gasteiger partial charge on any atom is -0.335 e. The van der Waals surface area contributed by atoms with Gasteiger partial charge in [0.1, 0.15) is 5.92 Å². The van der Waals surface area contributed by atoms with Crippen molar-refractivity contribution in [2.24, 2.45) is 5.92 Å². The number of carbonyl (C=O) groups is 1. The lowest BCUT2D eigenvalue weighted by Gasteiger charge is -2.30. The van der Waals surface area contributed by atoms with Crippen LogP contribution >= 0.6 is 15.9 Å². The summed E-state index contributed by atoms with van der Waals surface area (Å²) >= 11 is 3.51. The maximum atomic E-state index is 12.5. The van der Waals surface area contributed by atoms with Crippen LogP contribution in [0.5, 0.6) is 0 Å². The molecule has 0 spiro atoms. The SMILES string of the molecule is CCCN(C(=O)C1CC1[N+](=O)[O-])C(C)c1ccccc1Br. The molecular formula is C15H19BrN2O3.